The fourth-order valence-corrected chi connectivity index (χ4v) is 2.55. The second kappa shape index (κ2) is 9.62. The number of hydrogen-bond donors (Lipinski definition) is 1. The molecule has 2 rings (SSSR count). The van der Waals surface area contributed by atoms with E-state index in [-0.39, 0.29) is 24.5 Å². The summed E-state index contributed by atoms with van der Waals surface area (Å²) in [4.78, 5) is 26.1. The van der Waals surface area contributed by atoms with Gasteiger partial charge in [0.2, 0.25) is 5.91 Å². The van der Waals surface area contributed by atoms with Crippen molar-refractivity contribution < 1.29 is 9.59 Å². The summed E-state index contributed by atoms with van der Waals surface area (Å²) in [5.41, 5.74) is 2.95. The summed E-state index contributed by atoms with van der Waals surface area (Å²) in [6.45, 7) is 3.47. The number of para-hydroxylation sites is 1. The summed E-state index contributed by atoms with van der Waals surface area (Å²) in [5.74, 6) is -0.0539. The lowest BCUT2D eigenvalue weighted by molar-refractivity contribution is -0.121. The van der Waals surface area contributed by atoms with Crippen LogP contribution in [-0.4, -0.2) is 31.8 Å². The van der Waals surface area contributed by atoms with Crippen molar-refractivity contribution in [1.82, 2.24) is 5.32 Å². The number of carbonyl (C=O) groups excluding carboxylic acids is 2. The van der Waals surface area contributed by atoms with Gasteiger partial charge in [0.05, 0.1) is 0 Å². The minimum atomic E-state index is -0.0668. The highest BCUT2D eigenvalue weighted by Gasteiger charge is 2.09. The van der Waals surface area contributed by atoms with Crippen molar-refractivity contribution in [1.29, 1.82) is 0 Å². The fourth-order valence-electron chi connectivity index (χ4n) is 2.55. The van der Waals surface area contributed by atoms with Gasteiger partial charge in [-0.2, -0.15) is 0 Å². The second-order valence-electron chi connectivity index (χ2n) is 6.25. The van der Waals surface area contributed by atoms with Gasteiger partial charge in [0, 0.05) is 44.2 Å². The number of hydrogen-bond acceptors (Lipinski definition) is 3. The Balaban J connectivity index is 1.62. The maximum Gasteiger partial charge on any atom is 0.220 e. The van der Waals surface area contributed by atoms with E-state index >= 15 is 0 Å². The van der Waals surface area contributed by atoms with E-state index in [0.717, 1.165) is 24.2 Å². The van der Waals surface area contributed by atoms with Crippen LogP contribution in [-0.2, 0) is 4.79 Å². The van der Waals surface area contributed by atoms with Crippen LogP contribution in [0.2, 0.25) is 0 Å². The average molecular weight is 338 g/mol. The van der Waals surface area contributed by atoms with Crippen LogP contribution < -0.4 is 10.2 Å². The first-order valence-electron chi connectivity index (χ1n) is 8.69. The largest absolute Gasteiger partial charge is 0.375 e. The molecule has 0 aliphatic heterocycles. The van der Waals surface area contributed by atoms with E-state index in [1.165, 1.54) is 0 Å². The van der Waals surface area contributed by atoms with Crippen LogP contribution in [0.1, 0.15) is 35.2 Å². The summed E-state index contributed by atoms with van der Waals surface area (Å²) < 4.78 is 0. The van der Waals surface area contributed by atoms with E-state index in [9.17, 15) is 9.59 Å². The Labute approximate surface area is 149 Å². The topological polar surface area (TPSA) is 49.4 Å². The predicted molar refractivity (Wildman–Crippen MR) is 102 cm³/mol. The number of ketones is 1. The Morgan fingerprint density at radius 1 is 0.960 bits per heavy atom. The molecule has 25 heavy (non-hydrogen) atoms. The molecule has 1 N–H and O–H groups in total. The van der Waals surface area contributed by atoms with Gasteiger partial charge < -0.3 is 10.2 Å². The molecule has 0 aromatic heterocycles. The van der Waals surface area contributed by atoms with Gasteiger partial charge >= 0.3 is 0 Å². The van der Waals surface area contributed by atoms with E-state index in [2.05, 4.69) is 22.3 Å². The molecule has 4 nitrogen and oxygen atoms in total. The van der Waals surface area contributed by atoms with Gasteiger partial charge in [-0.05, 0) is 25.5 Å². The molecule has 0 aliphatic carbocycles. The van der Waals surface area contributed by atoms with E-state index in [0.29, 0.717) is 12.1 Å². The van der Waals surface area contributed by atoms with Gasteiger partial charge in [-0.25, -0.2) is 0 Å². The Morgan fingerprint density at radius 2 is 1.64 bits per heavy atom. The van der Waals surface area contributed by atoms with Crippen molar-refractivity contribution in [2.75, 3.05) is 25.0 Å². The van der Waals surface area contributed by atoms with Crippen molar-refractivity contribution in [2.24, 2.45) is 0 Å². The van der Waals surface area contributed by atoms with Crippen LogP contribution in [0.25, 0.3) is 0 Å². The van der Waals surface area contributed by atoms with E-state index in [1.54, 1.807) is 0 Å². The first-order chi connectivity index (χ1) is 12.1. The third-order valence-electron chi connectivity index (χ3n) is 4.14. The molecule has 2 aromatic rings. The van der Waals surface area contributed by atoms with Crippen molar-refractivity contribution in [2.45, 2.75) is 26.2 Å². The zero-order valence-corrected chi connectivity index (χ0v) is 15.0. The number of amides is 1. The van der Waals surface area contributed by atoms with Crippen molar-refractivity contribution >= 4 is 17.4 Å². The van der Waals surface area contributed by atoms with Gasteiger partial charge in [0.15, 0.2) is 5.78 Å². The Hall–Kier alpha value is -2.62. The zero-order valence-electron chi connectivity index (χ0n) is 15.0. The van der Waals surface area contributed by atoms with Crippen LogP contribution in [0.15, 0.2) is 54.6 Å². The molecular formula is C21H26N2O2. The number of benzene rings is 2. The molecule has 0 spiro atoms. The third-order valence-corrected chi connectivity index (χ3v) is 4.14. The molecular weight excluding hydrogens is 312 g/mol. The van der Waals surface area contributed by atoms with E-state index in [1.807, 2.05) is 56.4 Å². The quantitative estimate of drug-likeness (QED) is 0.561. The van der Waals surface area contributed by atoms with Crippen LogP contribution in [0, 0.1) is 6.92 Å². The lowest BCUT2D eigenvalue weighted by atomic mass is 10.1. The van der Waals surface area contributed by atoms with Gasteiger partial charge in [0.1, 0.15) is 0 Å². The minimum Gasteiger partial charge on any atom is -0.375 e. The smallest absolute Gasteiger partial charge is 0.220 e. The molecule has 2 aromatic carbocycles. The molecule has 0 saturated heterocycles. The first kappa shape index (κ1) is 18.7. The van der Waals surface area contributed by atoms with Crippen molar-refractivity contribution in [3.63, 3.8) is 0 Å². The molecule has 0 heterocycles. The molecule has 0 unspecified atom stereocenters. The van der Waals surface area contributed by atoms with Gasteiger partial charge in [-0.15, -0.1) is 0 Å². The molecule has 0 atom stereocenters. The van der Waals surface area contributed by atoms with Crippen LogP contribution in [0.3, 0.4) is 0 Å². The molecule has 0 aliphatic rings. The number of anilines is 1. The lowest BCUT2D eigenvalue weighted by Gasteiger charge is -2.19. The summed E-state index contributed by atoms with van der Waals surface area (Å²) in [7, 11) is 2.04. The highest BCUT2D eigenvalue weighted by Crippen LogP contribution is 2.11. The Morgan fingerprint density at radius 3 is 2.32 bits per heavy atom. The van der Waals surface area contributed by atoms with Gasteiger partial charge in [-0.3, -0.25) is 9.59 Å². The Bertz CT molecular complexity index is 681. The first-order valence-corrected chi connectivity index (χ1v) is 8.69. The van der Waals surface area contributed by atoms with E-state index in [4.69, 9.17) is 0 Å². The van der Waals surface area contributed by atoms with Crippen molar-refractivity contribution in [3.8, 4) is 0 Å². The molecule has 0 bridgehead atoms. The summed E-state index contributed by atoms with van der Waals surface area (Å²) >= 11 is 0. The summed E-state index contributed by atoms with van der Waals surface area (Å²) in [5, 5.41) is 2.89. The normalized spacial score (nSPS) is 10.3. The monoisotopic (exact) mass is 338 g/mol. The molecule has 1 amide bonds. The van der Waals surface area contributed by atoms with Gasteiger partial charge in [-0.1, -0.05) is 48.0 Å². The second-order valence-corrected chi connectivity index (χ2v) is 6.25. The molecule has 132 valence electrons. The predicted octanol–water partition coefficient (Wildman–Crippen LogP) is 3.60. The van der Waals surface area contributed by atoms with Crippen molar-refractivity contribution in [3.05, 3.63) is 65.7 Å². The highest BCUT2D eigenvalue weighted by atomic mass is 16.2. The maximum atomic E-state index is 12.0. The summed E-state index contributed by atoms with van der Waals surface area (Å²) in [6, 6.07) is 17.6. The molecule has 0 radical (unpaired) electrons. The number of carbonyl (C=O) groups is 2. The molecule has 0 fully saturated rings. The lowest BCUT2D eigenvalue weighted by Crippen LogP contribution is -2.28. The van der Waals surface area contributed by atoms with Crippen LogP contribution in [0.5, 0.6) is 0 Å². The van der Waals surface area contributed by atoms with Crippen LogP contribution in [0.4, 0.5) is 5.69 Å². The van der Waals surface area contributed by atoms with E-state index < -0.39 is 0 Å². The third kappa shape index (κ3) is 6.42. The minimum absolute atomic E-state index is 0.0129. The standard InChI is InChI=1S/C21H26N2O2/c1-17-9-11-18(12-10-17)20(24)13-14-21(25)22-15-6-16-23(2)19-7-4-3-5-8-19/h3-5,7-12H,6,13-16H2,1-2H3,(H,22,25). The number of nitrogens with zero attached hydrogens (tertiary/aromatic N) is 1. The fraction of sp³-hybridized carbons (Fsp3) is 0.333. The highest BCUT2D eigenvalue weighted by molar-refractivity contribution is 5.97. The number of nitrogens with one attached hydrogen (secondary N) is 1. The number of rotatable bonds is 9. The maximum absolute atomic E-state index is 12.0. The summed E-state index contributed by atoms with van der Waals surface area (Å²) in [6.07, 6.45) is 1.35. The number of aryl methyl sites for hydroxylation is 1. The molecule has 0 saturated carbocycles. The Kier molecular flexibility index (Phi) is 7.20. The average Bonchev–Trinajstić information content (AvgIpc) is 2.64. The van der Waals surface area contributed by atoms with Gasteiger partial charge in [0.25, 0.3) is 0 Å². The number of Topliss-reactive ketones (excluding diaryl/α,β-unsaturated/α-hetero) is 1. The zero-order chi connectivity index (χ0) is 18.1. The SMILES string of the molecule is Cc1ccc(C(=O)CCC(=O)NCCCN(C)c2ccccc2)cc1. The van der Waals surface area contributed by atoms with Crippen LogP contribution >= 0.6 is 0 Å². The molecule has 4 heteroatoms.